The number of imidazole rings is 1. The monoisotopic (exact) mass is 402 g/mol. The molecule has 0 aromatic carbocycles. The average molecular weight is 402 g/mol. The Hall–Kier alpha value is -2.91. The van der Waals surface area contributed by atoms with Crippen LogP contribution in [-0.4, -0.2) is 66.8 Å². The highest BCUT2D eigenvalue weighted by Gasteiger charge is 2.29. The molecule has 2 amide bonds. The molecule has 2 aromatic heterocycles. The van der Waals surface area contributed by atoms with Crippen molar-refractivity contribution in [1.82, 2.24) is 29.7 Å². The Morgan fingerprint density at radius 2 is 2.03 bits per heavy atom. The van der Waals surface area contributed by atoms with E-state index in [9.17, 15) is 9.59 Å². The molecular weight excluding hydrogens is 376 g/mol. The van der Waals surface area contributed by atoms with Crippen molar-refractivity contribution in [3.05, 3.63) is 12.2 Å². The van der Waals surface area contributed by atoms with Crippen molar-refractivity contribution in [2.24, 2.45) is 0 Å². The number of fused-ring (bicyclic) bond motifs is 1. The molecule has 156 valence electrons. The van der Waals surface area contributed by atoms with Crippen LogP contribution in [-0.2, 0) is 6.54 Å². The molecule has 0 bridgehead atoms. The summed E-state index contributed by atoms with van der Waals surface area (Å²) in [4.78, 5) is 38.3. The summed E-state index contributed by atoms with van der Waals surface area (Å²) in [6.45, 7) is 3.18. The van der Waals surface area contributed by atoms with Gasteiger partial charge in [-0.2, -0.15) is 4.98 Å². The zero-order valence-corrected chi connectivity index (χ0v) is 16.5. The van der Waals surface area contributed by atoms with Gasteiger partial charge in [-0.1, -0.05) is 19.3 Å². The molecule has 1 aliphatic heterocycles. The summed E-state index contributed by atoms with van der Waals surface area (Å²) in [7, 11) is 0. The minimum absolute atomic E-state index is 0.184. The first-order valence-corrected chi connectivity index (χ1v) is 10.2. The van der Waals surface area contributed by atoms with Crippen LogP contribution < -0.4 is 10.1 Å². The van der Waals surface area contributed by atoms with Gasteiger partial charge in [0.2, 0.25) is 11.7 Å². The minimum atomic E-state index is -0.958. The van der Waals surface area contributed by atoms with E-state index in [2.05, 4.69) is 20.3 Å². The fourth-order valence-corrected chi connectivity index (χ4v) is 4.13. The summed E-state index contributed by atoms with van der Waals surface area (Å²) in [6.07, 6.45) is 6.19. The molecule has 2 aromatic rings. The van der Waals surface area contributed by atoms with Crippen LogP contribution in [0.3, 0.4) is 0 Å². The predicted molar refractivity (Wildman–Crippen MR) is 104 cm³/mol. The van der Waals surface area contributed by atoms with Gasteiger partial charge in [0.15, 0.2) is 11.2 Å². The molecule has 10 heteroatoms. The largest absolute Gasteiger partial charge is 0.471 e. The summed E-state index contributed by atoms with van der Waals surface area (Å²) in [5, 5.41) is 12.2. The first kappa shape index (κ1) is 19.4. The number of likely N-dealkylation sites (tertiary alicyclic amines) is 1. The Morgan fingerprint density at radius 1 is 1.24 bits per heavy atom. The van der Waals surface area contributed by atoms with E-state index in [0.29, 0.717) is 36.5 Å². The molecule has 0 radical (unpaired) electrons. The van der Waals surface area contributed by atoms with Gasteiger partial charge in [-0.3, -0.25) is 4.79 Å². The number of amides is 2. The van der Waals surface area contributed by atoms with E-state index in [1.165, 1.54) is 17.6 Å². The molecular formula is C19H26N6O4. The highest BCUT2D eigenvalue weighted by Crippen LogP contribution is 2.25. The molecule has 1 unspecified atom stereocenters. The maximum absolute atomic E-state index is 12.9. The van der Waals surface area contributed by atoms with Crippen LogP contribution in [0.4, 0.5) is 4.79 Å². The molecule has 2 aliphatic rings. The Kier molecular flexibility index (Phi) is 5.50. The van der Waals surface area contributed by atoms with Crippen molar-refractivity contribution < 1.29 is 19.4 Å². The zero-order chi connectivity index (χ0) is 20.4. The second-order valence-electron chi connectivity index (χ2n) is 7.60. The van der Waals surface area contributed by atoms with E-state index >= 15 is 0 Å². The van der Waals surface area contributed by atoms with Crippen molar-refractivity contribution in [2.75, 3.05) is 13.1 Å². The lowest BCUT2D eigenvalue weighted by Crippen LogP contribution is -2.37. The van der Waals surface area contributed by atoms with E-state index in [1.807, 2.05) is 6.92 Å². The molecule has 0 spiro atoms. The van der Waals surface area contributed by atoms with Crippen molar-refractivity contribution in [1.29, 1.82) is 0 Å². The molecule has 2 N–H and O–H groups in total. The van der Waals surface area contributed by atoms with Gasteiger partial charge < -0.3 is 24.6 Å². The molecule has 3 heterocycles. The number of aryl methyl sites for hydroxylation is 1. The number of ether oxygens (including phenoxy) is 1. The van der Waals surface area contributed by atoms with Gasteiger partial charge in [0, 0.05) is 25.6 Å². The third-order valence-electron chi connectivity index (χ3n) is 5.65. The molecule has 2 fully saturated rings. The smallest absolute Gasteiger partial charge is 0.407 e. The maximum atomic E-state index is 12.9. The average Bonchev–Trinajstić information content (AvgIpc) is 3.34. The van der Waals surface area contributed by atoms with Crippen LogP contribution in [0.25, 0.3) is 11.2 Å². The second-order valence-corrected chi connectivity index (χ2v) is 7.60. The first-order valence-electron chi connectivity index (χ1n) is 10.2. The van der Waals surface area contributed by atoms with Crippen molar-refractivity contribution in [3.8, 4) is 5.88 Å². The van der Waals surface area contributed by atoms with Gasteiger partial charge in [-0.15, -0.1) is 0 Å². The van der Waals surface area contributed by atoms with Gasteiger partial charge in [0.05, 0.1) is 6.54 Å². The lowest BCUT2D eigenvalue weighted by Gasteiger charge is -2.22. The van der Waals surface area contributed by atoms with Crippen LogP contribution in [0, 0.1) is 0 Å². The topological polar surface area (TPSA) is 122 Å². The normalized spacial score (nSPS) is 20.2. The fraction of sp³-hybridized carbons (Fsp3) is 0.632. The molecule has 4 rings (SSSR count). The van der Waals surface area contributed by atoms with Gasteiger partial charge >= 0.3 is 6.09 Å². The van der Waals surface area contributed by atoms with Crippen LogP contribution in [0.1, 0.15) is 56.1 Å². The Balaban J connectivity index is 1.57. The quantitative estimate of drug-likeness (QED) is 0.784. The number of hydrogen-bond acceptors (Lipinski definition) is 6. The predicted octanol–water partition coefficient (Wildman–Crippen LogP) is 2.04. The number of carbonyl (C=O) groups excluding carboxylic acids is 1. The molecule has 1 saturated heterocycles. The third-order valence-corrected chi connectivity index (χ3v) is 5.65. The van der Waals surface area contributed by atoms with E-state index in [4.69, 9.17) is 9.84 Å². The SMILES string of the molecule is CCn1c(C(=O)NC2CCCCC2)nc2c(OC3CCN(C(=O)O)C3)ncnc21. The molecule has 10 nitrogen and oxygen atoms in total. The Bertz CT molecular complexity index is 907. The van der Waals surface area contributed by atoms with Crippen LogP contribution >= 0.6 is 0 Å². The zero-order valence-electron chi connectivity index (χ0n) is 16.5. The summed E-state index contributed by atoms with van der Waals surface area (Å²) in [6, 6.07) is 0.184. The Morgan fingerprint density at radius 3 is 2.72 bits per heavy atom. The minimum Gasteiger partial charge on any atom is -0.471 e. The Labute approximate surface area is 168 Å². The van der Waals surface area contributed by atoms with Crippen molar-refractivity contribution in [3.63, 3.8) is 0 Å². The van der Waals surface area contributed by atoms with E-state index in [0.717, 1.165) is 25.7 Å². The van der Waals surface area contributed by atoms with E-state index in [-0.39, 0.29) is 30.5 Å². The number of rotatable bonds is 5. The second kappa shape index (κ2) is 8.22. The lowest BCUT2D eigenvalue weighted by atomic mass is 9.95. The van der Waals surface area contributed by atoms with E-state index in [1.54, 1.807) is 4.57 Å². The number of carboxylic acid groups (broad SMARTS) is 1. The number of aromatic nitrogens is 4. The van der Waals surface area contributed by atoms with Crippen LogP contribution in [0.2, 0.25) is 0 Å². The van der Waals surface area contributed by atoms with Crippen LogP contribution in [0.15, 0.2) is 6.33 Å². The molecule has 1 aliphatic carbocycles. The van der Waals surface area contributed by atoms with Crippen LogP contribution in [0.5, 0.6) is 5.88 Å². The van der Waals surface area contributed by atoms with E-state index < -0.39 is 6.09 Å². The summed E-state index contributed by atoms with van der Waals surface area (Å²) in [5.74, 6) is 0.379. The van der Waals surface area contributed by atoms with Gasteiger partial charge in [0.25, 0.3) is 5.91 Å². The third kappa shape index (κ3) is 3.96. The highest BCUT2D eigenvalue weighted by molar-refractivity contribution is 5.95. The highest BCUT2D eigenvalue weighted by atomic mass is 16.5. The number of nitrogens with zero attached hydrogens (tertiary/aromatic N) is 5. The number of hydrogen-bond donors (Lipinski definition) is 2. The molecule has 1 saturated carbocycles. The molecule has 29 heavy (non-hydrogen) atoms. The summed E-state index contributed by atoms with van der Waals surface area (Å²) in [5.41, 5.74) is 0.969. The summed E-state index contributed by atoms with van der Waals surface area (Å²) < 4.78 is 7.71. The van der Waals surface area contributed by atoms with Gasteiger partial charge in [-0.05, 0) is 19.8 Å². The number of nitrogens with one attached hydrogen (secondary N) is 1. The van der Waals surface area contributed by atoms with Gasteiger partial charge in [0.1, 0.15) is 12.4 Å². The molecule has 1 atom stereocenters. The summed E-state index contributed by atoms with van der Waals surface area (Å²) >= 11 is 0. The number of carbonyl (C=O) groups is 2. The van der Waals surface area contributed by atoms with Crippen molar-refractivity contribution in [2.45, 2.75) is 64.1 Å². The van der Waals surface area contributed by atoms with Gasteiger partial charge in [-0.25, -0.2) is 14.8 Å². The lowest BCUT2D eigenvalue weighted by molar-refractivity contribution is 0.0913. The fourth-order valence-electron chi connectivity index (χ4n) is 4.13. The standard InChI is InChI=1S/C19H26N6O4/c1-2-25-15-14(23-16(25)17(26)22-12-6-4-3-5-7-12)18(21-11-20-15)29-13-8-9-24(10-13)19(27)28/h11-13H,2-10H2,1H3,(H,22,26)(H,27,28). The van der Waals surface area contributed by atoms with Crippen molar-refractivity contribution >= 4 is 23.2 Å². The maximum Gasteiger partial charge on any atom is 0.407 e. The first-order chi connectivity index (χ1) is 14.1.